The van der Waals surface area contributed by atoms with Gasteiger partial charge in [0.15, 0.2) is 0 Å². The van der Waals surface area contributed by atoms with Gasteiger partial charge in [-0.05, 0) is 35.4 Å². The van der Waals surface area contributed by atoms with Crippen molar-refractivity contribution in [3.63, 3.8) is 0 Å². The van der Waals surface area contributed by atoms with E-state index in [2.05, 4.69) is 58.3 Å². The average Bonchev–Trinajstić information content (AvgIpc) is 2.75. The molecule has 1 saturated heterocycles. The van der Waals surface area contributed by atoms with Crippen LogP contribution in [-0.4, -0.2) is 71.9 Å². The van der Waals surface area contributed by atoms with Gasteiger partial charge in [-0.2, -0.15) is 0 Å². The normalized spacial score (nSPS) is 14.2. The fraction of sp³-hybridized carbons (Fsp3) is 0.435. The monoisotopic (exact) mass is 397 g/mol. The third kappa shape index (κ3) is 5.49. The largest absolute Gasteiger partial charge is 0.378 e. The van der Waals surface area contributed by atoms with Crippen LogP contribution in [0.2, 0.25) is 0 Å². The molecular weight excluding hydrogens is 366 g/mol. The highest BCUT2D eigenvalue weighted by Gasteiger charge is 2.21. The zero-order chi connectivity index (χ0) is 20.8. The third-order valence-corrected chi connectivity index (χ3v) is 5.16. The quantitative estimate of drug-likeness (QED) is 0.719. The molecule has 156 valence electrons. The number of carbonyl (C=O) groups excluding carboxylic acids is 1. The van der Waals surface area contributed by atoms with Gasteiger partial charge in [0.25, 0.3) is 0 Å². The van der Waals surface area contributed by atoms with E-state index in [-0.39, 0.29) is 18.6 Å². The lowest BCUT2D eigenvalue weighted by Gasteiger charge is -2.28. The molecule has 1 heterocycles. The Kier molecular flexibility index (Phi) is 7.12. The maximum atomic E-state index is 12.6. The Bertz CT molecular complexity index is 731. The third-order valence-electron chi connectivity index (χ3n) is 5.16. The topological polar surface area (TPSA) is 45.3 Å². The summed E-state index contributed by atoms with van der Waals surface area (Å²) in [5.74, 6) is 0.00752. The second kappa shape index (κ2) is 9.76. The lowest BCUT2D eigenvalue weighted by Crippen LogP contribution is -2.42. The van der Waals surface area contributed by atoms with Gasteiger partial charge in [-0.15, -0.1) is 0 Å². The van der Waals surface area contributed by atoms with Crippen LogP contribution in [0.5, 0.6) is 0 Å². The van der Waals surface area contributed by atoms with Crippen molar-refractivity contribution in [3.8, 4) is 0 Å². The molecule has 0 unspecified atom stereocenters. The zero-order valence-corrected chi connectivity index (χ0v) is 17.8. The fourth-order valence-corrected chi connectivity index (χ4v) is 3.34. The standard InChI is InChI=1S/C23H31N3O3/c1-24(2)20-9-5-18(6-10-20)23(19-7-11-21(12-8-19)25(3)4)29-17-22(27)26-13-15-28-16-14-26/h5-12,23H,13-17H2,1-4H3. The number of rotatable bonds is 7. The highest BCUT2D eigenvalue weighted by Crippen LogP contribution is 2.29. The molecule has 0 bridgehead atoms. The van der Waals surface area contributed by atoms with E-state index in [0.29, 0.717) is 26.3 Å². The molecule has 1 aliphatic heterocycles. The van der Waals surface area contributed by atoms with Crippen molar-refractivity contribution in [2.75, 3.05) is 70.9 Å². The lowest BCUT2D eigenvalue weighted by molar-refractivity contribution is -0.141. The molecule has 1 amide bonds. The SMILES string of the molecule is CN(C)c1ccc(C(OCC(=O)N2CCOCC2)c2ccc(N(C)C)cc2)cc1. The molecule has 0 saturated carbocycles. The van der Waals surface area contributed by atoms with Crippen LogP contribution in [0.1, 0.15) is 17.2 Å². The predicted molar refractivity (Wildman–Crippen MR) is 117 cm³/mol. The van der Waals surface area contributed by atoms with Crippen LogP contribution >= 0.6 is 0 Å². The number of benzene rings is 2. The molecule has 0 radical (unpaired) electrons. The van der Waals surface area contributed by atoms with Crippen LogP contribution < -0.4 is 9.80 Å². The summed E-state index contributed by atoms with van der Waals surface area (Å²) in [5.41, 5.74) is 4.31. The van der Waals surface area contributed by atoms with E-state index in [1.807, 2.05) is 33.1 Å². The highest BCUT2D eigenvalue weighted by atomic mass is 16.5. The molecule has 6 heteroatoms. The zero-order valence-electron chi connectivity index (χ0n) is 17.8. The summed E-state index contributed by atoms with van der Waals surface area (Å²) in [4.78, 5) is 18.5. The first-order chi connectivity index (χ1) is 14.0. The molecule has 0 aliphatic carbocycles. The minimum atomic E-state index is -0.299. The summed E-state index contributed by atoms with van der Waals surface area (Å²) in [6, 6.07) is 16.6. The van der Waals surface area contributed by atoms with Gasteiger partial charge in [0.05, 0.1) is 13.2 Å². The maximum Gasteiger partial charge on any atom is 0.248 e. The number of hydrogen-bond acceptors (Lipinski definition) is 5. The first kappa shape index (κ1) is 21.1. The number of ether oxygens (including phenoxy) is 2. The van der Waals surface area contributed by atoms with Crippen molar-refractivity contribution in [2.24, 2.45) is 0 Å². The number of hydrogen-bond donors (Lipinski definition) is 0. The van der Waals surface area contributed by atoms with Crippen molar-refractivity contribution >= 4 is 17.3 Å². The fourth-order valence-electron chi connectivity index (χ4n) is 3.34. The van der Waals surface area contributed by atoms with Gasteiger partial charge >= 0.3 is 0 Å². The molecule has 29 heavy (non-hydrogen) atoms. The van der Waals surface area contributed by atoms with Gasteiger partial charge in [-0.25, -0.2) is 0 Å². The molecule has 0 N–H and O–H groups in total. The second-order valence-corrected chi connectivity index (χ2v) is 7.66. The lowest BCUT2D eigenvalue weighted by atomic mass is 10.0. The summed E-state index contributed by atoms with van der Waals surface area (Å²) < 4.78 is 11.5. The summed E-state index contributed by atoms with van der Waals surface area (Å²) >= 11 is 0. The number of anilines is 2. The van der Waals surface area contributed by atoms with Gasteiger partial charge in [0.1, 0.15) is 12.7 Å². The number of nitrogens with zero attached hydrogens (tertiary/aromatic N) is 3. The predicted octanol–water partition coefficient (Wildman–Crippen LogP) is 2.78. The van der Waals surface area contributed by atoms with Crippen molar-refractivity contribution in [3.05, 3.63) is 59.7 Å². The van der Waals surface area contributed by atoms with Crippen LogP contribution in [0.25, 0.3) is 0 Å². The molecule has 1 aliphatic rings. The Labute approximate surface area is 173 Å². The first-order valence-electron chi connectivity index (χ1n) is 9.97. The van der Waals surface area contributed by atoms with Crippen LogP contribution in [0, 0.1) is 0 Å². The minimum Gasteiger partial charge on any atom is -0.378 e. The molecule has 0 atom stereocenters. The molecule has 2 aromatic rings. The molecule has 0 aromatic heterocycles. The van der Waals surface area contributed by atoms with Gasteiger partial charge in [-0.3, -0.25) is 4.79 Å². The Morgan fingerprint density at radius 2 is 1.34 bits per heavy atom. The van der Waals surface area contributed by atoms with Crippen LogP contribution in [0.3, 0.4) is 0 Å². The summed E-state index contributed by atoms with van der Waals surface area (Å²) in [7, 11) is 8.07. The van der Waals surface area contributed by atoms with Crippen molar-refractivity contribution in [2.45, 2.75) is 6.10 Å². The van der Waals surface area contributed by atoms with E-state index in [1.165, 1.54) is 0 Å². The molecule has 2 aromatic carbocycles. The smallest absolute Gasteiger partial charge is 0.248 e. The van der Waals surface area contributed by atoms with Crippen molar-refractivity contribution < 1.29 is 14.3 Å². The molecule has 1 fully saturated rings. The Morgan fingerprint density at radius 1 is 0.897 bits per heavy atom. The van der Waals surface area contributed by atoms with E-state index in [0.717, 1.165) is 22.5 Å². The van der Waals surface area contributed by atoms with Gasteiger partial charge < -0.3 is 24.2 Å². The maximum absolute atomic E-state index is 12.6. The van der Waals surface area contributed by atoms with Crippen LogP contribution in [-0.2, 0) is 14.3 Å². The van der Waals surface area contributed by atoms with E-state index in [4.69, 9.17) is 9.47 Å². The molecule has 0 spiro atoms. The minimum absolute atomic E-state index is 0.00752. The number of morpholine rings is 1. The number of amides is 1. The van der Waals surface area contributed by atoms with Gasteiger partial charge in [-0.1, -0.05) is 24.3 Å². The summed E-state index contributed by atoms with van der Waals surface area (Å²) in [6.07, 6.45) is -0.299. The molecule has 3 rings (SSSR count). The number of carbonyl (C=O) groups is 1. The van der Waals surface area contributed by atoms with E-state index < -0.39 is 0 Å². The molecular formula is C23H31N3O3. The van der Waals surface area contributed by atoms with Crippen molar-refractivity contribution in [1.82, 2.24) is 4.90 Å². The van der Waals surface area contributed by atoms with E-state index >= 15 is 0 Å². The first-order valence-corrected chi connectivity index (χ1v) is 9.97. The van der Waals surface area contributed by atoms with Crippen LogP contribution in [0.15, 0.2) is 48.5 Å². The average molecular weight is 398 g/mol. The Morgan fingerprint density at radius 3 is 1.76 bits per heavy atom. The van der Waals surface area contributed by atoms with E-state index in [9.17, 15) is 4.79 Å². The Balaban J connectivity index is 1.79. The summed E-state index contributed by atoms with van der Waals surface area (Å²) in [5, 5.41) is 0. The van der Waals surface area contributed by atoms with Gasteiger partial charge in [0, 0.05) is 52.7 Å². The Hall–Kier alpha value is -2.57. The van der Waals surface area contributed by atoms with Crippen molar-refractivity contribution in [1.29, 1.82) is 0 Å². The second-order valence-electron chi connectivity index (χ2n) is 7.66. The van der Waals surface area contributed by atoms with Crippen LogP contribution in [0.4, 0.5) is 11.4 Å². The molecule has 6 nitrogen and oxygen atoms in total. The highest BCUT2D eigenvalue weighted by molar-refractivity contribution is 5.77. The van der Waals surface area contributed by atoms with E-state index in [1.54, 1.807) is 0 Å². The van der Waals surface area contributed by atoms with Gasteiger partial charge in [0.2, 0.25) is 5.91 Å². The summed E-state index contributed by atoms with van der Waals surface area (Å²) in [6.45, 7) is 2.49.